The van der Waals surface area contributed by atoms with Crippen LogP contribution in [0.1, 0.15) is 28.9 Å². The first-order chi connectivity index (χ1) is 15.3. The van der Waals surface area contributed by atoms with Crippen LogP contribution in [0.25, 0.3) is 5.69 Å². The number of hydrogen-bond donors (Lipinski definition) is 0. The van der Waals surface area contributed by atoms with Gasteiger partial charge in [0.15, 0.2) is 5.69 Å². The van der Waals surface area contributed by atoms with Gasteiger partial charge in [0, 0.05) is 0 Å². The largest absolute Gasteiger partial charge is 0.434 e. The molecule has 12 heteroatoms. The number of hydrogen-bond acceptors (Lipinski definition) is 6. The van der Waals surface area contributed by atoms with E-state index in [9.17, 15) is 22.4 Å². The van der Waals surface area contributed by atoms with E-state index in [4.69, 9.17) is 0 Å². The smallest absolute Gasteiger partial charge is 0.341 e. The first kappa shape index (κ1) is 19.1. The molecule has 32 heavy (non-hydrogen) atoms. The summed E-state index contributed by atoms with van der Waals surface area (Å²) >= 11 is 0. The summed E-state index contributed by atoms with van der Waals surface area (Å²) in [5.74, 6) is -0.484. The molecule has 3 aromatic rings. The highest BCUT2D eigenvalue weighted by Crippen LogP contribution is 2.54. The molecule has 4 unspecified atom stereocenters. The number of aromatic nitrogens is 5. The molecular formula is C20H15F4N7O. The monoisotopic (exact) mass is 445 g/mol. The molecule has 1 amide bonds. The minimum atomic E-state index is -4.55. The number of carbonyl (C=O) groups excluding carboxylic acids is 1. The molecule has 3 fully saturated rings. The van der Waals surface area contributed by atoms with Gasteiger partial charge >= 0.3 is 6.18 Å². The molecule has 0 radical (unpaired) electrons. The number of benzene rings is 1. The zero-order valence-electron chi connectivity index (χ0n) is 16.3. The van der Waals surface area contributed by atoms with Crippen molar-refractivity contribution in [2.24, 2.45) is 0 Å². The lowest BCUT2D eigenvalue weighted by Gasteiger charge is -2.28. The summed E-state index contributed by atoms with van der Waals surface area (Å²) in [5, 5.41) is 8.10. The van der Waals surface area contributed by atoms with Crippen molar-refractivity contribution in [3.8, 4) is 5.69 Å². The quantitative estimate of drug-likeness (QED) is 0.455. The molecule has 0 aliphatic carbocycles. The molecular weight excluding hydrogens is 430 g/mol. The van der Waals surface area contributed by atoms with E-state index in [1.54, 1.807) is 4.90 Å². The van der Waals surface area contributed by atoms with Crippen LogP contribution in [-0.2, 0) is 6.18 Å². The van der Waals surface area contributed by atoms with Crippen LogP contribution >= 0.6 is 0 Å². The molecule has 2 aromatic heterocycles. The molecule has 8 nitrogen and oxygen atoms in total. The highest BCUT2D eigenvalue weighted by Gasteiger charge is 2.69. The van der Waals surface area contributed by atoms with Crippen LogP contribution in [0.4, 0.5) is 23.4 Å². The first-order valence-corrected chi connectivity index (χ1v) is 10.0. The van der Waals surface area contributed by atoms with Gasteiger partial charge in [0.2, 0.25) is 0 Å². The molecule has 3 saturated heterocycles. The topological polar surface area (TPSA) is 79.8 Å². The molecule has 0 saturated carbocycles. The number of halogens is 4. The fourth-order valence-corrected chi connectivity index (χ4v) is 5.17. The first-order valence-electron chi connectivity index (χ1n) is 10.0. The van der Waals surface area contributed by atoms with Crippen LogP contribution in [0.5, 0.6) is 0 Å². The molecule has 2 bridgehead atoms. The molecule has 0 N–H and O–H groups in total. The van der Waals surface area contributed by atoms with Gasteiger partial charge in [-0.1, -0.05) is 0 Å². The number of carbonyl (C=O) groups is 1. The second kappa shape index (κ2) is 6.47. The predicted octanol–water partition coefficient (Wildman–Crippen LogP) is 2.46. The van der Waals surface area contributed by atoms with Crippen LogP contribution in [0.3, 0.4) is 0 Å². The van der Waals surface area contributed by atoms with Gasteiger partial charge in [-0.25, -0.2) is 14.4 Å². The van der Waals surface area contributed by atoms with Gasteiger partial charge in [0.25, 0.3) is 5.91 Å². The van der Waals surface area contributed by atoms with Gasteiger partial charge in [-0.15, -0.1) is 0 Å². The Labute approximate surface area is 178 Å². The molecule has 164 valence electrons. The van der Waals surface area contributed by atoms with Gasteiger partial charge in [0.1, 0.15) is 11.6 Å². The van der Waals surface area contributed by atoms with Crippen molar-refractivity contribution in [1.82, 2.24) is 29.9 Å². The van der Waals surface area contributed by atoms with Crippen molar-refractivity contribution in [3.63, 3.8) is 0 Å². The van der Waals surface area contributed by atoms with Gasteiger partial charge in [-0.3, -0.25) is 4.79 Å². The molecule has 5 heterocycles. The van der Waals surface area contributed by atoms with E-state index >= 15 is 0 Å². The molecule has 4 atom stereocenters. The van der Waals surface area contributed by atoms with Gasteiger partial charge in [0.05, 0.1) is 60.2 Å². The average molecular weight is 445 g/mol. The number of piperazine rings is 1. The number of amides is 1. The van der Waals surface area contributed by atoms with Crippen LogP contribution < -0.4 is 4.90 Å². The summed E-state index contributed by atoms with van der Waals surface area (Å²) in [7, 11) is 0. The lowest BCUT2D eigenvalue weighted by Crippen LogP contribution is -2.43. The number of fused-ring (bicyclic) bond motifs is 5. The fourth-order valence-electron chi connectivity index (χ4n) is 5.17. The van der Waals surface area contributed by atoms with E-state index in [1.165, 1.54) is 35.4 Å². The third kappa shape index (κ3) is 2.71. The standard InChI is InChI=1S/C20H15F4N7O/c21-10-1-2-12(31-27-5-6-28-31)11(7-10)19(32)29-13-3-4-14(29)18-17(13)30(18)16-9-25-15(8-26-16)20(22,23)24/h1-2,5-9,13-14,17-18H,3-4H2. The maximum atomic E-state index is 14.0. The van der Waals surface area contributed by atoms with Crippen molar-refractivity contribution in [2.75, 3.05) is 4.90 Å². The van der Waals surface area contributed by atoms with Crippen molar-refractivity contribution in [1.29, 1.82) is 0 Å². The third-order valence-electron chi connectivity index (χ3n) is 6.41. The second-order valence-electron chi connectivity index (χ2n) is 8.05. The summed E-state index contributed by atoms with van der Waals surface area (Å²) in [6.07, 6.45) is 1.75. The summed E-state index contributed by atoms with van der Waals surface area (Å²) in [6, 6.07) is 3.55. The number of anilines is 1. The van der Waals surface area contributed by atoms with E-state index in [2.05, 4.69) is 20.2 Å². The Morgan fingerprint density at radius 1 is 1.00 bits per heavy atom. The Morgan fingerprint density at radius 2 is 1.69 bits per heavy atom. The Morgan fingerprint density at radius 3 is 2.28 bits per heavy atom. The minimum Gasteiger partial charge on any atom is -0.341 e. The van der Waals surface area contributed by atoms with E-state index in [-0.39, 0.29) is 35.6 Å². The van der Waals surface area contributed by atoms with E-state index < -0.39 is 17.7 Å². The van der Waals surface area contributed by atoms with Crippen LogP contribution in [0.2, 0.25) is 0 Å². The van der Waals surface area contributed by atoms with E-state index in [0.717, 1.165) is 25.2 Å². The average Bonchev–Trinajstić information content (AvgIpc) is 3.11. The highest BCUT2D eigenvalue weighted by molar-refractivity contribution is 5.99. The Bertz CT molecular complexity index is 1180. The van der Waals surface area contributed by atoms with Gasteiger partial charge in [-0.2, -0.15) is 28.2 Å². The summed E-state index contributed by atoms with van der Waals surface area (Å²) in [6.45, 7) is 0. The maximum absolute atomic E-state index is 14.0. The van der Waals surface area contributed by atoms with Crippen molar-refractivity contribution in [3.05, 3.63) is 60.1 Å². The molecule has 1 aromatic carbocycles. The molecule has 3 aliphatic heterocycles. The van der Waals surface area contributed by atoms with Crippen LogP contribution in [-0.4, -0.2) is 59.9 Å². The van der Waals surface area contributed by atoms with E-state index in [0.29, 0.717) is 11.5 Å². The van der Waals surface area contributed by atoms with Crippen LogP contribution in [0, 0.1) is 5.82 Å². The van der Waals surface area contributed by atoms with Gasteiger partial charge < -0.3 is 9.80 Å². The zero-order chi connectivity index (χ0) is 22.2. The summed E-state index contributed by atoms with van der Waals surface area (Å²) in [4.78, 5) is 25.9. The molecule has 0 spiro atoms. The Hall–Kier alpha value is -3.57. The molecule has 3 aliphatic rings. The normalized spacial score (nSPS) is 25.9. The molecule has 6 rings (SSSR count). The van der Waals surface area contributed by atoms with E-state index in [1.807, 2.05) is 4.90 Å². The predicted molar refractivity (Wildman–Crippen MR) is 101 cm³/mol. The van der Waals surface area contributed by atoms with Crippen molar-refractivity contribution >= 4 is 11.7 Å². The minimum absolute atomic E-state index is 0.0384. The van der Waals surface area contributed by atoms with Crippen LogP contribution in [0.15, 0.2) is 43.0 Å². The Kier molecular flexibility index (Phi) is 3.87. The number of nitrogens with zero attached hydrogens (tertiary/aromatic N) is 7. The zero-order valence-corrected chi connectivity index (χ0v) is 16.3. The lowest BCUT2D eigenvalue weighted by molar-refractivity contribution is -0.141. The SMILES string of the molecule is O=C(c1cc(F)ccc1-n1nccn1)N1C2CCC1C1C2N1c1cnc(C(F)(F)F)cn1. The Balaban J connectivity index is 1.27. The maximum Gasteiger partial charge on any atom is 0.434 e. The van der Waals surface area contributed by atoms with Gasteiger partial charge in [-0.05, 0) is 31.0 Å². The fraction of sp³-hybridized carbons (Fsp3) is 0.350. The summed E-state index contributed by atoms with van der Waals surface area (Å²) < 4.78 is 52.3. The lowest BCUT2D eigenvalue weighted by atomic mass is 10.0. The number of alkyl halides is 3. The highest BCUT2D eigenvalue weighted by atomic mass is 19.4. The summed E-state index contributed by atoms with van der Waals surface area (Å²) in [5.41, 5.74) is -0.494. The van der Waals surface area contributed by atoms with Crippen molar-refractivity contribution in [2.45, 2.75) is 43.2 Å². The van der Waals surface area contributed by atoms with Crippen molar-refractivity contribution < 1.29 is 22.4 Å². The third-order valence-corrected chi connectivity index (χ3v) is 6.41. The number of rotatable bonds is 3. The second-order valence-corrected chi connectivity index (χ2v) is 8.05.